The van der Waals surface area contributed by atoms with Gasteiger partial charge in [0, 0.05) is 13.1 Å². The monoisotopic (exact) mass is 257 g/mol. The highest BCUT2D eigenvalue weighted by atomic mass is 32.2. The molecule has 1 saturated carbocycles. The van der Waals surface area contributed by atoms with Crippen LogP contribution in [0.3, 0.4) is 0 Å². The van der Waals surface area contributed by atoms with Crippen molar-refractivity contribution in [2.75, 3.05) is 7.05 Å². The van der Waals surface area contributed by atoms with Gasteiger partial charge in [0.15, 0.2) is 0 Å². The number of aromatic amines is 1. The van der Waals surface area contributed by atoms with Gasteiger partial charge in [0.05, 0.1) is 11.9 Å². The number of hydrogen-bond acceptors (Lipinski definition) is 3. The first kappa shape index (κ1) is 12.6. The zero-order chi connectivity index (χ0) is 12.5. The van der Waals surface area contributed by atoms with E-state index in [2.05, 4.69) is 10.2 Å². The Balaban J connectivity index is 2.23. The Labute approximate surface area is 102 Å². The van der Waals surface area contributed by atoms with E-state index in [1.54, 1.807) is 14.0 Å². The van der Waals surface area contributed by atoms with Crippen LogP contribution in [0, 0.1) is 6.92 Å². The van der Waals surface area contributed by atoms with Crippen LogP contribution in [-0.4, -0.2) is 36.0 Å². The Morgan fingerprint density at radius 3 is 2.53 bits per heavy atom. The number of aryl methyl sites for hydroxylation is 1. The Hall–Kier alpha value is -0.880. The summed E-state index contributed by atoms with van der Waals surface area (Å²) in [5.41, 5.74) is 0.604. The van der Waals surface area contributed by atoms with Crippen LogP contribution in [0.4, 0.5) is 0 Å². The molecule has 2 rings (SSSR count). The first-order chi connectivity index (χ1) is 8.03. The van der Waals surface area contributed by atoms with Gasteiger partial charge in [-0.3, -0.25) is 5.10 Å². The normalized spacial score (nSPS) is 18.8. The van der Waals surface area contributed by atoms with E-state index in [0.717, 1.165) is 25.7 Å². The molecule has 1 fully saturated rings. The fourth-order valence-corrected chi connectivity index (χ4v) is 3.93. The molecule has 17 heavy (non-hydrogen) atoms. The molecule has 5 nitrogen and oxygen atoms in total. The van der Waals surface area contributed by atoms with Crippen LogP contribution in [0.2, 0.25) is 0 Å². The van der Waals surface area contributed by atoms with Gasteiger partial charge in [-0.1, -0.05) is 19.3 Å². The summed E-state index contributed by atoms with van der Waals surface area (Å²) >= 11 is 0. The highest BCUT2D eigenvalue weighted by Gasteiger charge is 2.30. The molecule has 1 aliphatic carbocycles. The average molecular weight is 257 g/mol. The lowest BCUT2D eigenvalue weighted by atomic mass is 9.96. The number of nitrogens with one attached hydrogen (secondary N) is 1. The second-order valence-electron chi connectivity index (χ2n) is 4.67. The Bertz CT molecular complexity index is 475. The lowest BCUT2D eigenvalue weighted by molar-refractivity contribution is 0.285. The zero-order valence-electron chi connectivity index (χ0n) is 10.3. The summed E-state index contributed by atoms with van der Waals surface area (Å²) in [5, 5.41) is 6.46. The molecule has 1 aromatic rings. The van der Waals surface area contributed by atoms with Crippen molar-refractivity contribution in [1.29, 1.82) is 0 Å². The number of hydrogen-bond donors (Lipinski definition) is 1. The van der Waals surface area contributed by atoms with Crippen LogP contribution < -0.4 is 0 Å². The number of H-pyrrole nitrogens is 1. The number of aromatic nitrogens is 2. The Morgan fingerprint density at radius 1 is 1.35 bits per heavy atom. The van der Waals surface area contributed by atoms with E-state index in [1.807, 2.05) is 0 Å². The molecule has 1 aliphatic rings. The summed E-state index contributed by atoms with van der Waals surface area (Å²) in [6, 6.07) is 0.142. The molecule has 1 N–H and O–H groups in total. The lowest BCUT2D eigenvalue weighted by Crippen LogP contribution is -2.38. The zero-order valence-corrected chi connectivity index (χ0v) is 11.1. The maximum Gasteiger partial charge on any atom is 0.246 e. The standard InChI is InChI=1S/C11H19N3O2S/c1-9-11(8-12-13-9)17(15,16)14(2)10-6-4-3-5-7-10/h8,10H,3-7H2,1-2H3,(H,12,13). The molecular formula is C11H19N3O2S. The molecule has 1 heterocycles. The average Bonchev–Trinajstić information content (AvgIpc) is 2.76. The molecule has 0 spiro atoms. The van der Waals surface area contributed by atoms with Crippen molar-refractivity contribution >= 4 is 10.0 Å². The second kappa shape index (κ2) is 4.78. The van der Waals surface area contributed by atoms with Gasteiger partial charge in [0.1, 0.15) is 4.90 Å². The van der Waals surface area contributed by atoms with Gasteiger partial charge in [0.25, 0.3) is 0 Å². The fourth-order valence-electron chi connectivity index (χ4n) is 2.40. The minimum absolute atomic E-state index is 0.142. The molecule has 0 radical (unpaired) electrons. The highest BCUT2D eigenvalue weighted by Crippen LogP contribution is 2.26. The SMILES string of the molecule is Cc1[nH]ncc1S(=O)(=O)N(C)C1CCCCC1. The number of nitrogens with zero attached hydrogens (tertiary/aromatic N) is 2. The first-order valence-corrected chi connectivity index (χ1v) is 7.45. The van der Waals surface area contributed by atoms with Crippen LogP contribution in [0.5, 0.6) is 0 Å². The molecule has 96 valence electrons. The third-order valence-electron chi connectivity index (χ3n) is 3.53. The summed E-state index contributed by atoms with van der Waals surface area (Å²) in [6.07, 6.45) is 6.78. The van der Waals surface area contributed by atoms with Gasteiger partial charge < -0.3 is 0 Å². The van der Waals surface area contributed by atoms with E-state index in [-0.39, 0.29) is 6.04 Å². The van der Waals surface area contributed by atoms with Gasteiger partial charge in [0.2, 0.25) is 10.0 Å². The van der Waals surface area contributed by atoms with Gasteiger partial charge >= 0.3 is 0 Å². The molecule has 0 atom stereocenters. The van der Waals surface area contributed by atoms with E-state index < -0.39 is 10.0 Å². The molecule has 0 aromatic carbocycles. The van der Waals surface area contributed by atoms with Crippen molar-refractivity contribution < 1.29 is 8.42 Å². The molecule has 1 aromatic heterocycles. The third kappa shape index (κ3) is 2.37. The predicted octanol–water partition coefficient (Wildman–Crippen LogP) is 1.67. The molecule has 0 aliphatic heterocycles. The lowest BCUT2D eigenvalue weighted by Gasteiger charge is -2.30. The maximum absolute atomic E-state index is 12.4. The molecule has 0 saturated heterocycles. The topological polar surface area (TPSA) is 66.1 Å². The highest BCUT2D eigenvalue weighted by molar-refractivity contribution is 7.89. The van der Waals surface area contributed by atoms with Crippen LogP contribution in [0.25, 0.3) is 0 Å². The van der Waals surface area contributed by atoms with Crippen LogP contribution in [0.15, 0.2) is 11.1 Å². The summed E-state index contributed by atoms with van der Waals surface area (Å²) in [5.74, 6) is 0. The molecule has 0 bridgehead atoms. The number of rotatable bonds is 3. The first-order valence-electron chi connectivity index (χ1n) is 6.01. The largest absolute Gasteiger partial charge is 0.281 e. The van der Waals surface area contributed by atoms with E-state index in [1.165, 1.54) is 16.9 Å². The van der Waals surface area contributed by atoms with E-state index in [9.17, 15) is 8.42 Å². The van der Waals surface area contributed by atoms with Crippen molar-refractivity contribution in [3.05, 3.63) is 11.9 Å². The van der Waals surface area contributed by atoms with E-state index in [4.69, 9.17) is 0 Å². The van der Waals surface area contributed by atoms with Crippen LogP contribution in [-0.2, 0) is 10.0 Å². The van der Waals surface area contributed by atoms with Gasteiger partial charge in [-0.15, -0.1) is 0 Å². The summed E-state index contributed by atoms with van der Waals surface area (Å²) in [6.45, 7) is 1.73. The molecule has 6 heteroatoms. The van der Waals surface area contributed by atoms with Gasteiger partial charge in [-0.25, -0.2) is 8.42 Å². The minimum atomic E-state index is -3.39. The Kier molecular flexibility index (Phi) is 3.53. The summed E-state index contributed by atoms with van der Waals surface area (Å²) in [4.78, 5) is 0.297. The molecule has 0 amide bonds. The van der Waals surface area contributed by atoms with Crippen molar-refractivity contribution in [1.82, 2.24) is 14.5 Å². The van der Waals surface area contributed by atoms with Gasteiger partial charge in [-0.2, -0.15) is 9.40 Å². The molecule has 0 unspecified atom stereocenters. The maximum atomic E-state index is 12.4. The fraction of sp³-hybridized carbons (Fsp3) is 0.727. The Morgan fingerprint density at radius 2 is 2.00 bits per heavy atom. The van der Waals surface area contributed by atoms with Crippen molar-refractivity contribution in [2.24, 2.45) is 0 Å². The predicted molar refractivity (Wildman–Crippen MR) is 65.1 cm³/mol. The van der Waals surface area contributed by atoms with Crippen molar-refractivity contribution in [2.45, 2.75) is 50.0 Å². The molecular weight excluding hydrogens is 238 g/mol. The van der Waals surface area contributed by atoms with E-state index in [0.29, 0.717) is 10.6 Å². The van der Waals surface area contributed by atoms with E-state index >= 15 is 0 Å². The quantitative estimate of drug-likeness (QED) is 0.895. The van der Waals surface area contributed by atoms with Crippen molar-refractivity contribution in [3.8, 4) is 0 Å². The summed E-state index contributed by atoms with van der Waals surface area (Å²) < 4.78 is 26.3. The van der Waals surface area contributed by atoms with Crippen molar-refractivity contribution in [3.63, 3.8) is 0 Å². The van der Waals surface area contributed by atoms with Gasteiger partial charge in [-0.05, 0) is 19.8 Å². The third-order valence-corrected chi connectivity index (χ3v) is 5.55. The minimum Gasteiger partial charge on any atom is -0.281 e. The summed E-state index contributed by atoms with van der Waals surface area (Å²) in [7, 11) is -1.71. The second-order valence-corrected chi connectivity index (χ2v) is 6.64. The number of sulfonamides is 1. The smallest absolute Gasteiger partial charge is 0.246 e. The van der Waals surface area contributed by atoms with Crippen LogP contribution >= 0.6 is 0 Å². The van der Waals surface area contributed by atoms with Crippen LogP contribution in [0.1, 0.15) is 37.8 Å².